The van der Waals surface area contributed by atoms with Crippen LogP contribution in [0.1, 0.15) is 29.3 Å². The molecule has 6 nitrogen and oxygen atoms in total. The predicted octanol–water partition coefficient (Wildman–Crippen LogP) is 4.50. The first-order valence-corrected chi connectivity index (χ1v) is 10.9. The summed E-state index contributed by atoms with van der Waals surface area (Å²) in [6.07, 6.45) is 0.0438. The number of Topliss-reactive ketones (excluding diaryl/α,β-unsaturated/α-hetero) is 1. The zero-order valence-corrected chi connectivity index (χ0v) is 18.3. The van der Waals surface area contributed by atoms with Gasteiger partial charge in [-0.25, -0.2) is 9.69 Å². The lowest BCUT2D eigenvalue weighted by molar-refractivity contribution is -0.133. The summed E-state index contributed by atoms with van der Waals surface area (Å²) in [4.78, 5) is 54.8. The zero-order chi connectivity index (χ0) is 23.4. The molecule has 3 aromatic carbocycles. The van der Waals surface area contributed by atoms with E-state index in [1.54, 1.807) is 61.5 Å². The highest BCUT2D eigenvalue weighted by Gasteiger charge is 2.49. The Labute approximate surface area is 192 Å². The summed E-state index contributed by atoms with van der Waals surface area (Å²) in [7, 11) is 0. The van der Waals surface area contributed by atoms with Crippen LogP contribution in [0.15, 0.2) is 91.0 Å². The maximum absolute atomic E-state index is 13.3. The van der Waals surface area contributed by atoms with Gasteiger partial charge in [-0.1, -0.05) is 85.8 Å². The Bertz CT molecular complexity index is 1160. The third kappa shape index (κ3) is 4.60. The van der Waals surface area contributed by atoms with E-state index in [1.165, 1.54) is 0 Å². The van der Waals surface area contributed by atoms with Crippen molar-refractivity contribution in [3.63, 3.8) is 0 Å². The van der Waals surface area contributed by atoms with E-state index in [1.807, 2.05) is 36.4 Å². The standard InChI is InChI=1S/C27H24N2O4/c1-19(25(31)21-13-7-3-8-14-21)17-24(30)29-23(18-20-11-5-2-6-12-20)26(32)28(27(29)33)22-15-9-4-10-16-22/h2-16,19,23H,17-18H2,1H3. The average Bonchev–Trinajstić information content (AvgIpc) is 3.09. The van der Waals surface area contributed by atoms with Crippen LogP contribution in [0.2, 0.25) is 0 Å². The van der Waals surface area contributed by atoms with Crippen LogP contribution < -0.4 is 4.90 Å². The number of nitrogens with zero attached hydrogens (tertiary/aromatic N) is 2. The molecule has 1 saturated heterocycles. The molecule has 2 atom stereocenters. The predicted molar refractivity (Wildman–Crippen MR) is 125 cm³/mol. The van der Waals surface area contributed by atoms with Gasteiger partial charge in [0.15, 0.2) is 5.78 Å². The van der Waals surface area contributed by atoms with E-state index in [0.717, 1.165) is 15.4 Å². The summed E-state index contributed by atoms with van der Waals surface area (Å²) in [6, 6.07) is 24.9. The Morgan fingerprint density at radius 2 is 1.36 bits per heavy atom. The van der Waals surface area contributed by atoms with Crippen molar-refractivity contribution in [3.05, 3.63) is 102 Å². The number of imide groups is 2. The highest BCUT2D eigenvalue weighted by molar-refractivity contribution is 6.25. The van der Waals surface area contributed by atoms with Crippen molar-refractivity contribution in [2.24, 2.45) is 5.92 Å². The highest BCUT2D eigenvalue weighted by atomic mass is 16.2. The molecule has 1 aliphatic heterocycles. The van der Waals surface area contributed by atoms with Gasteiger partial charge in [0.25, 0.3) is 5.91 Å². The van der Waals surface area contributed by atoms with Crippen molar-refractivity contribution >= 4 is 29.3 Å². The van der Waals surface area contributed by atoms with Crippen LogP contribution in [0.5, 0.6) is 0 Å². The van der Waals surface area contributed by atoms with E-state index < -0.39 is 29.8 Å². The molecule has 0 spiro atoms. The van der Waals surface area contributed by atoms with Gasteiger partial charge in [-0.05, 0) is 17.7 Å². The minimum absolute atomic E-state index is 0.166. The number of amides is 4. The van der Waals surface area contributed by atoms with Crippen molar-refractivity contribution in [3.8, 4) is 0 Å². The number of urea groups is 1. The van der Waals surface area contributed by atoms with Gasteiger partial charge in [0.2, 0.25) is 5.91 Å². The lowest BCUT2D eigenvalue weighted by Gasteiger charge is -2.21. The van der Waals surface area contributed by atoms with Crippen molar-refractivity contribution < 1.29 is 19.2 Å². The number of hydrogen-bond donors (Lipinski definition) is 0. The lowest BCUT2D eigenvalue weighted by Crippen LogP contribution is -2.42. The van der Waals surface area contributed by atoms with Crippen LogP contribution in [0.3, 0.4) is 0 Å². The van der Waals surface area contributed by atoms with Crippen molar-refractivity contribution in [1.29, 1.82) is 0 Å². The average molecular weight is 440 g/mol. The third-order valence-electron chi connectivity index (χ3n) is 5.76. The number of para-hydroxylation sites is 1. The van der Waals surface area contributed by atoms with Crippen LogP contribution in [0, 0.1) is 5.92 Å². The van der Waals surface area contributed by atoms with E-state index in [-0.39, 0.29) is 18.6 Å². The SMILES string of the molecule is CC(CC(=O)N1C(=O)N(c2ccccc2)C(=O)C1Cc1ccccc1)C(=O)c1ccccc1. The molecule has 1 heterocycles. The van der Waals surface area contributed by atoms with Gasteiger partial charge >= 0.3 is 6.03 Å². The maximum atomic E-state index is 13.3. The summed E-state index contributed by atoms with van der Waals surface area (Å²) in [5.74, 6) is -1.80. The molecular weight excluding hydrogens is 416 g/mol. The van der Waals surface area contributed by atoms with Crippen LogP contribution in [-0.4, -0.2) is 34.6 Å². The van der Waals surface area contributed by atoms with Gasteiger partial charge in [-0.3, -0.25) is 19.3 Å². The maximum Gasteiger partial charge on any atom is 0.338 e. The summed E-state index contributed by atoms with van der Waals surface area (Å²) < 4.78 is 0. The Balaban J connectivity index is 1.61. The second-order valence-electron chi connectivity index (χ2n) is 8.10. The fourth-order valence-corrected chi connectivity index (χ4v) is 4.05. The molecule has 4 rings (SSSR count). The smallest absolute Gasteiger partial charge is 0.294 e. The molecule has 0 bridgehead atoms. The fraction of sp³-hybridized carbons (Fsp3) is 0.185. The number of carbonyl (C=O) groups excluding carboxylic acids is 4. The van der Waals surface area contributed by atoms with Crippen LogP contribution in [0.4, 0.5) is 10.5 Å². The van der Waals surface area contributed by atoms with Crippen molar-refractivity contribution in [1.82, 2.24) is 4.90 Å². The summed E-state index contributed by atoms with van der Waals surface area (Å²) in [5, 5.41) is 0. The Kier molecular flexibility index (Phi) is 6.45. The second-order valence-corrected chi connectivity index (χ2v) is 8.10. The van der Waals surface area contributed by atoms with Gasteiger partial charge in [0, 0.05) is 24.3 Å². The molecule has 3 aromatic rings. The number of carbonyl (C=O) groups is 4. The molecule has 2 unspecified atom stereocenters. The van der Waals surface area contributed by atoms with Crippen molar-refractivity contribution in [2.75, 3.05) is 4.90 Å². The molecule has 0 aliphatic carbocycles. The summed E-state index contributed by atoms with van der Waals surface area (Å²) >= 11 is 0. The van der Waals surface area contributed by atoms with Gasteiger partial charge < -0.3 is 0 Å². The van der Waals surface area contributed by atoms with E-state index in [4.69, 9.17) is 0 Å². The van der Waals surface area contributed by atoms with Crippen LogP contribution in [-0.2, 0) is 16.0 Å². The van der Waals surface area contributed by atoms with E-state index in [2.05, 4.69) is 0 Å². The first-order valence-electron chi connectivity index (χ1n) is 10.9. The monoisotopic (exact) mass is 440 g/mol. The summed E-state index contributed by atoms with van der Waals surface area (Å²) in [5.41, 5.74) is 1.76. The molecule has 0 N–H and O–H groups in total. The van der Waals surface area contributed by atoms with E-state index in [0.29, 0.717) is 11.3 Å². The topological polar surface area (TPSA) is 74.8 Å². The molecular formula is C27H24N2O4. The third-order valence-corrected chi connectivity index (χ3v) is 5.76. The number of benzene rings is 3. The number of ketones is 1. The van der Waals surface area contributed by atoms with Gasteiger partial charge in [0.05, 0.1) is 5.69 Å². The van der Waals surface area contributed by atoms with E-state index in [9.17, 15) is 19.2 Å². The molecule has 0 aromatic heterocycles. The number of hydrogen-bond acceptors (Lipinski definition) is 4. The highest BCUT2D eigenvalue weighted by Crippen LogP contribution is 2.28. The lowest BCUT2D eigenvalue weighted by atomic mass is 9.95. The normalized spacial score (nSPS) is 16.7. The zero-order valence-electron chi connectivity index (χ0n) is 18.3. The Hall–Kier alpha value is -4.06. The first-order chi connectivity index (χ1) is 16.0. The van der Waals surface area contributed by atoms with Crippen LogP contribution >= 0.6 is 0 Å². The molecule has 6 heteroatoms. The number of rotatable bonds is 7. The Morgan fingerprint density at radius 3 is 1.97 bits per heavy atom. The Morgan fingerprint density at radius 1 is 0.818 bits per heavy atom. The minimum Gasteiger partial charge on any atom is -0.294 e. The van der Waals surface area contributed by atoms with Gasteiger partial charge in [-0.2, -0.15) is 0 Å². The summed E-state index contributed by atoms with van der Waals surface area (Å²) in [6.45, 7) is 1.66. The first kappa shape index (κ1) is 22.1. The van der Waals surface area contributed by atoms with Gasteiger partial charge in [0.1, 0.15) is 6.04 Å². The van der Waals surface area contributed by atoms with Crippen molar-refractivity contribution in [2.45, 2.75) is 25.8 Å². The minimum atomic E-state index is -0.966. The quantitative estimate of drug-likeness (QED) is 0.400. The number of anilines is 1. The van der Waals surface area contributed by atoms with E-state index >= 15 is 0 Å². The van der Waals surface area contributed by atoms with Gasteiger partial charge in [-0.15, -0.1) is 0 Å². The molecule has 1 aliphatic rings. The van der Waals surface area contributed by atoms with Crippen LogP contribution in [0.25, 0.3) is 0 Å². The fourth-order valence-electron chi connectivity index (χ4n) is 4.05. The molecule has 33 heavy (non-hydrogen) atoms. The molecule has 166 valence electrons. The second kappa shape index (κ2) is 9.61. The molecule has 0 saturated carbocycles. The molecule has 1 fully saturated rings. The molecule has 4 amide bonds. The molecule has 0 radical (unpaired) electrons. The largest absolute Gasteiger partial charge is 0.338 e.